The highest BCUT2D eigenvalue weighted by Crippen LogP contribution is 2.26. The zero-order valence-corrected chi connectivity index (χ0v) is 17.6. The van der Waals surface area contributed by atoms with Crippen LogP contribution in [0.2, 0.25) is 5.02 Å². The molecule has 3 aliphatic rings. The summed E-state index contributed by atoms with van der Waals surface area (Å²) in [6.45, 7) is 6.67. The lowest BCUT2D eigenvalue weighted by atomic mass is 9.94. The topological polar surface area (TPSA) is 60.5 Å². The molecule has 152 valence electrons. The van der Waals surface area contributed by atoms with E-state index >= 15 is 0 Å². The van der Waals surface area contributed by atoms with Crippen molar-refractivity contribution < 1.29 is 0 Å². The van der Waals surface area contributed by atoms with Crippen molar-refractivity contribution in [2.24, 2.45) is 15.9 Å². The summed E-state index contributed by atoms with van der Waals surface area (Å²) < 4.78 is 0. The zero-order chi connectivity index (χ0) is 19.7. The maximum absolute atomic E-state index is 6.07. The second kappa shape index (κ2) is 8.39. The Morgan fingerprint density at radius 3 is 2.46 bits per heavy atom. The highest BCUT2D eigenvalue weighted by Gasteiger charge is 2.36. The van der Waals surface area contributed by atoms with Crippen LogP contribution in [0.15, 0.2) is 34.5 Å². The molecule has 0 bridgehead atoms. The number of likely N-dealkylation sites (N-methyl/N-ethyl adjacent to an activating group) is 1. The van der Waals surface area contributed by atoms with Crippen molar-refractivity contribution in [1.82, 2.24) is 14.7 Å². The van der Waals surface area contributed by atoms with E-state index in [4.69, 9.17) is 17.3 Å². The smallest absolute Gasteiger partial charge is 0.135 e. The van der Waals surface area contributed by atoms with Gasteiger partial charge in [-0.05, 0) is 50.9 Å². The Labute approximate surface area is 173 Å². The lowest BCUT2D eigenvalue weighted by Gasteiger charge is -2.49. The van der Waals surface area contributed by atoms with Crippen molar-refractivity contribution in [2.45, 2.75) is 50.7 Å². The monoisotopic (exact) mass is 402 g/mol. The lowest BCUT2D eigenvalue weighted by Crippen LogP contribution is -2.61. The maximum Gasteiger partial charge on any atom is 0.135 e. The number of rotatable bonds is 3. The third kappa shape index (κ3) is 4.34. The van der Waals surface area contributed by atoms with Gasteiger partial charge in [-0.25, -0.2) is 0 Å². The van der Waals surface area contributed by atoms with Gasteiger partial charge in [-0.15, -0.1) is 10.2 Å². The molecule has 7 heteroatoms. The Bertz CT molecular complexity index is 738. The van der Waals surface area contributed by atoms with Crippen LogP contribution >= 0.6 is 11.6 Å². The third-order valence-corrected chi connectivity index (χ3v) is 6.76. The summed E-state index contributed by atoms with van der Waals surface area (Å²) in [6.07, 6.45) is 4.12. The Hall–Kier alpha value is -1.63. The number of piperidine rings is 1. The first-order chi connectivity index (χ1) is 13.5. The second-order valence-electron chi connectivity index (χ2n) is 8.47. The first kappa shape index (κ1) is 19.7. The predicted molar refractivity (Wildman–Crippen MR) is 116 cm³/mol. The van der Waals surface area contributed by atoms with E-state index in [1.165, 1.54) is 18.4 Å². The van der Waals surface area contributed by atoms with Gasteiger partial charge in [0, 0.05) is 49.3 Å². The summed E-state index contributed by atoms with van der Waals surface area (Å²) in [6, 6.07) is 10.1. The molecule has 2 saturated heterocycles. The van der Waals surface area contributed by atoms with Gasteiger partial charge in [0.15, 0.2) is 0 Å². The van der Waals surface area contributed by atoms with E-state index in [1.807, 2.05) is 12.1 Å². The number of nitrogens with two attached hydrogens (primary N) is 1. The average Bonchev–Trinajstić information content (AvgIpc) is 3.13. The fraction of sp³-hybridized carbons (Fsp3) is 0.619. The van der Waals surface area contributed by atoms with E-state index in [2.05, 4.69) is 51.0 Å². The van der Waals surface area contributed by atoms with Crippen molar-refractivity contribution in [2.75, 3.05) is 33.2 Å². The molecule has 0 aromatic heterocycles. The van der Waals surface area contributed by atoms with Crippen LogP contribution < -0.4 is 5.73 Å². The number of nitrogens with zero attached hydrogens (tertiary/aromatic N) is 5. The van der Waals surface area contributed by atoms with Crippen LogP contribution in [-0.4, -0.2) is 77.7 Å². The van der Waals surface area contributed by atoms with Gasteiger partial charge in [-0.2, -0.15) is 0 Å². The summed E-state index contributed by atoms with van der Waals surface area (Å²) in [4.78, 5) is 7.64. The van der Waals surface area contributed by atoms with E-state index < -0.39 is 0 Å². The summed E-state index contributed by atoms with van der Waals surface area (Å²) in [5.41, 5.74) is 7.16. The van der Waals surface area contributed by atoms with Crippen LogP contribution in [0, 0.1) is 0 Å². The Kier molecular flexibility index (Phi) is 5.90. The number of halogens is 1. The number of amidine groups is 2. The van der Waals surface area contributed by atoms with Crippen molar-refractivity contribution >= 4 is 23.3 Å². The molecular formula is C21H31ClN6. The van der Waals surface area contributed by atoms with Crippen LogP contribution in [0.1, 0.15) is 31.7 Å². The fourth-order valence-corrected chi connectivity index (χ4v) is 4.84. The number of hydrogen-bond acceptors (Lipinski definition) is 6. The summed E-state index contributed by atoms with van der Waals surface area (Å²) in [5.74, 6) is 1.67. The molecule has 2 atom stereocenters. The van der Waals surface area contributed by atoms with Crippen molar-refractivity contribution in [3.05, 3.63) is 34.9 Å². The quantitative estimate of drug-likeness (QED) is 0.843. The van der Waals surface area contributed by atoms with Crippen LogP contribution in [0.4, 0.5) is 0 Å². The summed E-state index contributed by atoms with van der Waals surface area (Å²) in [5, 5.41) is 9.06. The predicted octanol–water partition coefficient (Wildman–Crippen LogP) is 2.43. The van der Waals surface area contributed by atoms with Crippen LogP contribution in [0.25, 0.3) is 0 Å². The maximum atomic E-state index is 6.07. The standard InChI is InChI=1S/C21H31ClN6/c1-15-13-28(18-7-9-27(10-8-18)21-12-20(23)24-25-21)19(14-26(15)2)11-16-3-5-17(22)6-4-16/h3-6,15,18-19H,7-14H2,1-2H3,(H2,23,24)/t15-,19?/m0/s1. The van der Waals surface area contributed by atoms with Gasteiger partial charge in [-0.1, -0.05) is 23.7 Å². The van der Waals surface area contributed by atoms with E-state index in [0.717, 1.165) is 43.5 Å². The lowest BCUT2D eigenvalue weighted by molar-refractivity contribution is 0.00475. The van der Waals surface area contributed by atoms with Crippen LogP contribution in [0.3, 0.4) is 0 Å². The fourth-order valence-electron chi connectivity index (χ4n) is 4.72. The molecule has 2 N–H and O–H groups in total. The first-order valence-corrected chi connectivity index (χ1v) is 10.7. The van der Waals surface area contributed by atoms with Gasteiger partial charge in [0.1, 0.15) is 11.7 Å². The molecule has 3 aliphatic heterocycles. The number of piperazine rings is 1. The van der Waals surface area contributed by atoms with E-state index in [9.17, 15) is 0 Å². The number of benzene rings is 1. The molecule has 1 aromatic carbocycles. The highest BCUT2D eigenvalue weighted by atomic mass is 35.5. The van der Waals surface area contributed by atoms with E-state index in [1.54, 1.807) is 0 Å². The van der Waals surface area contributed by atoms with Gasteiger partial charge in [0.2, 0.25) is 0 Å². The van der Waals surface area contributed by atoms with Crippen LogP contribution in [-0.2, 0) is 6.42 Å². The first-order valence-electron chi connectivity index (χ1n) is 10.3. The minimum atomic E-state index is 0.543. The van der Waals surface area contributed by atoms with Gasteiger partial charge >= 0.3 is 0 Å². The minimum absolute atomic E-state index is 0.543. The molecule has 1 unspecified atom stereocenters. The van der Waals surface area contributed by atoms with Crippen molar-refractivity contribution in [1.29, 1.82) is 0 Å². The molecule has 6 nitrogen and oxygen atoms in total. The number of likely N-dealkylation sites (tertiary alicyclic amines) is 1. The van der Waals surface area contributed by atoms with E-state index in [-0.39, 0.29) is 0 Å². The summed E-state index contributed by atoms with van der Waals surface area (Å²) in [7, 11) is 2.25. The summed E-state index contributed by atoms with van der Waals surface area (Å²) >= 11 is 6.07. The Morgan fingerprint density at radius 2 is 1.82 bits per heavy atom. The average molecular weight is 403 g/mol. The largest absolute Gasteiger partial charge is 0.385 e. The third-order valence-electron chi connectivity index (χ3n) is 6.51. The molecule has 0 spiro atoms. The van der Waals surface area contributed by atoms with Gasteiger partial charge < -0.3 is 15.5 Å². The van der Waals surface area contributed by atoms with Crippen LogP contribution in [0.5, 0.6) is 0 Å². The molecule has 4 rings (SSSR count). The molecular weight excluding hydrogens is 372 g/mol. The molecule has 3 heterocycles. The van der Waals surface area contributed by atoms with Crippen molar-refractivity contribution in [3.8, 4) is 0 Å². The molecule has 1 aromatic rings. The van der Waals surface area contributed by atoms with E-state index in [0.29, 0.717) is 30.4 Å². The molecule has 2 fully saturated rings. The molecule has 0 saturated carbocycles. The Balaban J connectivity index is 1.41. The molecule has 0 aliphatic carbocycles. The zero-order valence-electron chi connectivity index (χ0n) is 16.9. The Morgan fingerprint density at radius 1 is 1.11 bits per heavy atom. The highest BCUT2D eigenvalue weighted by molar-refractivity contribution is 6.30. The molecule has 0 radical (unpaired) electrons. The van der Waals surface area contributed by atoms with Gasteiger partial charge in [-0.3, -0.25) is 4.90 Å². The normalized spacial score (nSPS) is 27.8. The SMILES string of the molecule is C[C@H]1CN(C2CCN(C3=NN=C(N)C3)CC2)C(Cc2ccc(Cl)cc2)CN1C. The van der Waals surface area contributed by atoms with Gasteiger partial charge in [0.25, 0.3) is 0 Å². The van der Waals surface area contributed by atoms with Gasteiger partial charge in [0.05, 0.1) is 6.42 Å². The molecule has 28 heavy (non-hydrogen) atoms. The van der Waals surface area contributed by atoms with Crippen molar-refractivity contribution in [3.63, 3.8) is 0 Å². The number of hydrogen-bond donors (Lipinski definition) is 1. The molecule has 0 amide bonds. The minimum Gasteiger partial charge on any atom is -0.385 e. The second-order valence-corrected chi connectivity index (χ2v) is 8.91.